The number of hydrogen-bond acceptors (Lipinski definition) is 6. The molecular formula is C21H22F5N5O3. The summed E-state index contributed by atoms with van der Waals surface area (Å²) in [6.07, 6.45) is -3.63. The van der Waals surface area contributed by atoms with Gasteiger partial charge in [0, 0.05) is 17.5 Å². The van der Waals surface area contributed by atoms with E-state index in [9.17, 15) is 31.5 Å². The van der Waals surface area contributed by atoms with Gasteiger partial charge in [-0.3, -0.25) is 14.8 Å². The van der Waals surface area contributed by atoms with Gasteiger partial charge in [-0.2, -0.15) is 13.2 Å². The number of carbonyl (C=O) groups is 2. The van der Waals surface area contributed by atoms with E-state index in [1.165, 1.54) is 23.8 Å². The lowest BCUT2D eigenvalue weighted by Crippen LogP contribution is -2.42. The molecule has 2 aromatic carbocycles. The van der Waals surface area contributed by atoms with Crippen molar-refractivity contribution in [2.24, 2.45) is 11.6 Å². The SMILES string of the molecule is N/C(=C\N(N)C(CC(=O)NO)Cc1ccc(C(F)(F)F)cc1)CNC(=O)c1ccc(F)c(F)c1. The van der Waals surface area contributed by atoms with Gasteiger partial charge in [-0.05, 0) is 42.3 Å². The van der Waals surface area contributed by atoms with E-state index in [-0.39, 0.29) is 30.6 Å². The molecule has 1 unspecified atom stereocenters. The van der Waals surface area contributed by atoms with Crippen molar-refractivity contribution in [1.82, 2.24) is 15.8 Å². The van der Waals surface area contributed by atoms with E-state index >= 15 is 0 Å². The lowest BCUT2D eigenvalue weighted by molar-refractivity contribution is -0.137. The van der Waals surface area contributed by atoms with Crippen LogP contribution >= 0.6 is 0 Å². The fraction of sp³-hybridized carbons (Fsp3) is 0.238. The Labute approximate surface area is 190 Å². The zero-order valence-electron chi connectivity index (χ0n) is 17.6. The van der Waals surface area contributed by atoms with Crippen molar-refractivity contribution in [3.05, 3.63) is 82.7 Å². The lowest BCUT2D eigenvalue weighted by Gasteiger charge is -2.26. The molecule has 0 aliphatic carbocycles. The van der Waals surface area contributed by atoms with Crippen molar-refractivity contribution in [2.45, 2.75) is 25.1 Å². The average molecular weight is 487 g/mol. The van der Waals surface area contributed by atoms with E-state index in [0.717, 1.165) is 29.3 Å². The van der Waals surface area contributed by atoms with Crippen LogP contribution in [0.25, 0.3) is 0 Å². The molecule has 2 aromatic rings. The Kier molecular flexibility index (Phi) is 8.92. The number of nitrogens with zero attached hydrogens (tertiary/aromatic N) is 1. The number of halogens is 5. The number of alkyl halides is 3. The average Bonchev–Trinajstić information content (AvgIpc) is 2.78. The quantitative estimate of drug-likeness (QED) is 0.159. The normalized spacial score (nSPS) is 12.7. The summed E-state index contributed by atoms with van der Waals surface area (Å²) in [7, 11) is 0. The number of rotatable bonds is 9. The molecule has 0 saturated heterocycles. The van der Waals surface area contributed by atoms with Crippen molar-refractivity contribution in [3.8, 4) is 0 Å². The Morgan fingerprint density at radius 1 is 1.09 bits per heavy atom. The second kappa shape index (κ2) is 11.4. The highest BCUT2D eigenvalue weighted by molar-refractivity contribution is 5.94. The van der Waals surface area contributed by atoms with Gasteiger partial charge in [0.25, 0.3) is 5.91 Å². The fourth-order valence-corrected chi connectivity index (χ4v) is 2.91. The topological polar surface area (TPSA) is 134 Å². The Hall–Kier alpha value is -3.71. The summed E-state index contributed by atoms with van der Waals surface area (Å²) in [4.78, 5) is 23.7. The molecule has 8 nitrogen and oxygen atoms in total. The molecule has 184 valence electrons. The predicted molar refractivity (Wildman–Crippen MR) is 110 cm³/mol. The van der Waals surface area contributed by atoms with Crippen molar-refractivity contribution in [2.75, 3.05) is 6.54 Å². The highest BCUT2D eigenvalue weighted by atomic mass is 19.4. The molecule has 0 aliphatic rings. The third-order valence-corrected chi connectivity index (χ3v) is 4.67. The molecule has 0 aromatic heterocycles. The maximum Gasteiger partial charge on any atom is 0.416 e. The number of hydrogen-bond donors (Lipinski definition) is 5. The van der Waals surface area contributed by atoms with E-state index in [0.29, 0.717) is 11.6 Å². The largest absolute Gasteiger partial charge is 0.416 e. The van der Waals surface area contributed by atoms with Gasteiger partial charge >= 0.3 is 6.18 Å². The van der Waals surface area contributed by atoms with Crippen molar-refractivity contribution in [1.29, 1.82) is 0 Å². The molecule has 0 heterocycles. The summed E-state index contributed by atoms with van der Waals surface area (Å²) < 4.78 is 64.5. The van der Waals surface area contributed by atoms with E-state index in [1.807, 2.05) is 0 Å². The number of nitrogens with two attached hydrogens (primary N) is 2. The minimum absolute atomic E-state index is 0.0141. The minimum atomic E-state index is -4.50. The van der Waals surface area contributed by atoms with E-state index in [1.54, 1.807) is 0 Å². The molecule has 0 radical (unpaired) electrons. The van der Waals surface area contributed by atoms with Gasteiger partial charge in [0.2, 0.25) is 5.91 Å². The molecule has 13 heteroatoms. The van der Waals surface area contributed by atoms with Crippen molar-refractivity contribution >= 4 is 11.8 Å². The van der Waals surface area contributed by atoms with Gasteiger partial charge in [-0.25, -0.2) is 20.1 Å². The molecule has 2 amide bonds. The maximum atomic E-state index is 13.3. The first-order chi connectivity index (χ1) is 15.9. The fourth-order valence-electron chi connectivity index (χ4n) is 2.91. The monoisotopic (exact) mass is 487 g/mol. The van der Waals surface area contributed by atoms with Gasteiger partial charge in [-0.1, -0.05) is 12.1 Å². The Bertz CT molecular complexity index is 1040. The molecule has 0 saturated carbocycles. The van der Waals surface area contributed by atoms with Crippen LogP contribution in [0.4, 0.5) is 22.0 Å². The number of nitrogens with one attached hydrogen (secondary N) is 2. The van der Waals surface area contributed by atoms with Crippen LogP contribution in [0, 0.1) is 11.6 Å². The first-order valence-corrected chi connectivity index (χ1v) is 9.72. The van der Waals surface area contributed by atoms with E-state index < -0.39 is 41.2 Å². The number of hydroxylamine groups is 1. The molecule has 1 atom stereocenters. The summed E-state index contributed by atoms with van der Waals surface area (Å²) in [5.41, 5.74) is 6.74. The molecule has 7 N–H and O–H groups in total. The summed E-state index contributed by atoms with van der Waals surface area (Å²) in [6, 6.07) is 6.00. The van der Waals surface area contributed by atoms with Gasteiger partial charge in [0.1, 0.15) is 0 Å². The van der Waals surface area contributed by atoms with Crippen LogP contribution in [0.15, 0.2) is 54.4 Å². The molecular weight excluding hydrogens is 465 g/mol. The standard InChI is InChI=1S/C21H22F5N5O3/c22-17-6-3-13(8-18(17)23)20(33)29-10-15(27)11-31(28)16(9-19(32)30-34)7-12-1-4-14(5-2-12)21(24,25)26/h1-6,8,11,16,34H,7,9-10,27-28H2,(H,29,33)(H,30,32)/b15-11-. The summed E-state index contributed by atoms with van der Waals surface area (Å²) in [5, 5.41) is 12.2. The van der Waals surface area contributed by atoms with E-state index in [4.69, 9.17) is 16.8 Å². The third kappa shape index (κ3) is 7.71. The first kappa shape index (κ1) is 26.5. The molecule has 2 rings (SSSR count). The van der Waals surface area contributed by atoms with Gasteiger partial charge < -0.3 is 16.1 Å². The molecule has 0 fully saturated rings. The van der Waals surface area contributed by atoms with Crippen LogP contribution in [-0.2, 0) is 17.4 Å². The van der Waals surface area contributed by atoms with Gasteiger partial charge in [0.05, 0.1) is 24.6 Å². The van der Waals surface area contributed by atoms with Crippen LogP contribution in [0.5, 0.6) is 0 Å². The predicted octanol–water partition coefficient (Wildman–Crippen LogP) is 2.20. The van der Waals surface area contributed by atoms with Crippen LogP contribution in [0.3, 0.4) is 0 Å². The van der Waals surface area contributed by atoms with Crippen molar-refractivity contribution < 1.29 is 36.7 Å². The highest BCUT2D eigenvalue weighted by Gasteiger charge is 2.30. The minimum Gasteiger partial charge on any atom is -0.399 e. The zero-order valence-corrected chi connectivity index (χ0v) is 17.6. The van der Waals surface area contributed by atoms with Gasteiger partial charge in [-0.15, -0.1) is 0 Å². The summed E-state index contributed by atoms with van der Waals surface area (Å²) in [6.45, 7) is -0.245. The highest BCUT2D eigenvalue weighted by Crippen LogP contribution is 2.29. The molecule has 0 aliphatic heterocycles. The second-order valence-electron chi connectivity index (χ2n) is 7.25. The summed E-state index contributed by atoms with van der Waals surface area (Å²) >= 11 is 0. The van der Waals surface area contributed by atoms with Gasteiger partial charge in [0.15, 0.2) is 11.6 Å². The van der Waals surface area contributed by atoms with Crippen LogP contribution in [-0.4, -0.2) is 34.6 Å². The number of hydrazine groups is 1. The van der Waals surface area contributed by atoms with Crippen molar-refractivity contribution in [3.63, 3.8) is 0 Å². The summed E-state index contributed by atoms with van der Waals surface area (Å²) in [5.74, 6) is 2.11. The molecule has 34 heavy (non-hydrogen) atoms. The molecule has 0 bridgehead atoms. The lowest BCUT2D eigenvalue weighted by atomic mass is 10.0. The maximum absolute atomic E-state index is 13.3. The Morgan fingerprint density at radius 2 is 1.74 bits per heavy atom. The third-order valence-electron chi connectivity index (χ3n) is 4.67. The number of carbonyl (C=O) groups excluding carboxylic acids is 2. The molecule has 0 spiro atoms. The second-order valence-corrected chi connectivity index (χ2v) is 7.25. The first-order valence-electron chi connectivity index (χ1n) is 9.72. The smallest absolute Gasteiger partial charge is 0.399 e. The zero-order chi connectivity index (χ0) is 25.5. The number of benzene rings is 2. The van der Waals surface area contributed by atoms with E-state index in [2.05, 4.69) is 5.32 Å². The van der Waals surface area contributed by atoms with Crippen LogP contribution < -0.4 is 22.4 Å². The van der Waals surface area contributed by atoms with Crippen LogP contribution in [0.1, 0.15) is 27.9 Å². The number of amides is 2. The Balaban J connectivity index is 2.07. The van der Waals surface area contributed by atoms with Crippen LogP contribution in [0.2, 0.25) is 0 Å². The Morgan fingerprint density at radius 3 is 2.29 bits per heavy atom.